The second-order valence-electron chi connectivity index (χ2n) is 5.02. The molecule has 2 aromatic rings. The number of pyridine rings is 1. The summed E-state index contributed by atoms with van der Waals surface area (Å²) in [6.07, 6.45) is 6.16. The van der Waals surface area contributed by atoms with Crippen LogP contribution in [0.2, 0.25) is 0 Å². The first kappa shape index (κ1) is 10.6. The molecule has 0 radical (unpaired) electrons. The highest BCUT2D eigenvalue weighted by atomic mass is 15.2. The minimum atomic E-state index is 0.428. The Kier molecular flexibility index (Phi) is 2.52. The second-order valence-corrected chi connectivity index (χ2v) is 5.02. The molecule has 0 bridgehead atoms. The van der Waals surface area contributed by atoms with Gasteiger partial charge in [-0.3, -0.25) is 4.40 Å². The molecule has 3 rings (SSSR count). The molecule has 0 amide bonds. The lowest BCUT2D eigenvalue weighted by atomic mass is 9.80. The van der Waals surface area contributed by atoms with Crippen molar-refractivity contribution in [2.24, 2.45) is 11.7 Å². The lowest BCUT2D eigenvalue weighted by molar-refractivity contribution is 0.270. The van der Waals surface area contributed by atoms with E-state index in [1.807, 2.05) is 18.5 Å². The third kappa shape index (κ3) is 1.89. The van der Waals surface area contributed by atoms with Crippen LogP contribution in [0, 0.1) is 5.92 Å². The number of rotatable bonds is 3. The summed E-state index contributed by atoms with van der Waals surface area (Å²) in [5.41, 5.74) is 6.82. The summed E-state index contributed by atoms with van der Waals surface area (Å²) < 4.78 is 2.12. The Morgan fingerprint density at radius 2 is 2.29 bits per heavy atom. The standard InChI is InChI=1S/C13H18N4/c1-16(9-10-7-11(14)8-10)13-4-2-3-12-15-5-6-17(12)13/h2-6,10-11H,7-9,14H2,1H3. The Hall–Kier alpha value is -1.55. The first-order valence-corrected chi connectivity index (χ1v) is 6.13. The van der Waals surface area contributed by atoms with Crippen molar-refractivity contribution in [2.75, 3.05) is 18.5 Å². The summed E-state index contributed by atoms with van der Waals surface area (Å²) in [7, 11) is 2.14. The maximum absolute atomic E-state index is 5.82. The predicted octanol–water partition coefficient (Wildman–Crippen LogP) is 1.51. The third-order valence-corrected chi connectivity index (χ3v) is 3.60. The molecule has 1 saturated carbocycles. The van der Waals surface area contributed by atoms with Gasteiger partial charge < -0.3 is 10.6 Å². The quantitative estimate of drug-likeness (QED) is 0.869. The Balaban J connectivity index is 1.80. The number of hydrogen-bond acceptors (Lipinski definition) is 3. The van der Waals surface area contributed by atoms with Crippen LogP contribution in [-0.4, -0.2) is 29.0 Å². The normalized spacial score (nSPS) is 23.6. The van der Waals surface area contributed by atoms with Crippen LogP contribution >= 0.6 is 0 Å². The van der Waals surface area contributed by atoms with Crippen molar-refractivity contribution < 1.29 is 0 Å². The fourth-order valence-electron chi connectivity index (χ4n) is 2.66. The predicted molar refractivity (Wildman–Crippen MR) is 69.2 cm³/mol. The largest absolute Gasteiger partial charge is 0.360 e. The SMILES string of the molecule is CN(CC1CC(N)C1)c1cccc2nccn12. The van der Waals surface area contributed by atoms with Crippen LogP contribution < -0.4 is 10.6 Å². The molecule has 0 aliphatic heterocycles. The zero-order valence-corrected chi connectivity index (χ0v) is 10.1. The zero-order chi connectivity index (χ0) is 11.8. The average Bonchev–Trinajstić information content (AvgIpc) is 2.74. The van der Waals surface area contributed by atoms with Crippen LogP contribution in [-0.2, 0) is 0 Å². The number of nitrogens with two attached hydrogens (primary N) is 1. The number of imidazole rings is 1. The van der Waals surface area contributed by atoms with Crippen LogP contribution in [0.15, 0.2) is 30.6 Å². The van der Waals surface area contributed by atoms with Gasteiger partial charge in [-0.2, -0.15) is 0 Å². The average molecular weight is 230 g/mol. The van der Waals surface area contributed by atoms with Gasteiger partial charge in [-0.25, -0.2) is 4.98 Å². The van der Waals surface area contributed by atoms with Crippen LogP contribution in [0.3, 0.4) is 0 Å². The van der Waals surface area contributed by atoms with E-state index in [1.165, 1.54) is 5.82 Å². The van der Waals surface area contributed by atoms with E-state index in [1.54, 1.807) is 0 Å². The maximum atomic E-state index is 5.82. The topological polar surface area (TPSA) is 46.6 Å². The molecular weight excluding hydrogens is 212 g/mol. The number of anilines is 1. The van der Waals surface area contributed by atoms with Crippen molar-refractivity contribution in [3.8, 4) is 0 Å². The molecule has 0 saturated heterocycles. The summed E-state index contributed by atoms with van der Waals surface area (Å²) >= 11 is 0. The Labute approximate surface area is 101 Å². The molecule has 1 aliphatic carbocycles. The van der Waals surface area contributed by atoms with Crippen molar-refractivity contribution in [1.82, 2.24) is 9.38 Å². The van der Waals surface area contributed by atoms with E-state index in [9.17, 15) is 0 Å². The van der Waals surface area contributed by atoms with Crippen LogP contribution in [0.25, 0.3) is 5.65 Å². The van der Waals surface area contributed by atoms with Crippen molar-refractivity contribution in [3.05, 3.63) is 30.6 Å². The monoisotopic (exact) mass is 230 g/mol. The van der Waals surface area contributed by atoms with Gasteiger partial charge in [0, 0.05) is 32.0 Å². The molecule has 4 nitrogen and oxygen atoms in total. The van der Waals surface area contributed by atoms with Crippen LogP contribution in [0.5, 0.6) is 0 Å². The molecule has 1 aliphatic rings. The summed E-state index contributed by atoms with van der Waals surface area (Å²) in [6.45, 7) is 1.07. The number of aromatic nitrogens is 2. The van der Waals surface area contributed by atoms with E-state index in [2.05, 4.69) is 33.5 Å². The second kappa shape index (κ2) is 4.04. The summed E-state index contributed by atoms with van der Waals surface area (Å²) in [5.74, 6) is 1.94. The summed E-state index contributed by atoms with van der Waals surface area (Å²) in [4.78, 5) is 6.60. The molecule has 2 N–H and O–H groups in total. The highest BCUT2D eigenvalue weighted by Gasteiger charge is 2.27. The van der Waals surface area contributed by atoms with Gasteiger partial charge in [-0.15, -0.1) is 0 Å². The highest BCUT2D eigenvalue weighted by molar-refractivity contribution is 5.51. The van der Waals surface area contributed by atoms with Crippen molar-refractivity contribution in [1.29, 1.82) is 0 Å². The Bertz CT molecular complexity index is 513. The molecule has 90 valence electrons. The molecule has 4 heteroatoms. The minimum absolute atomic E-state index is 0.428. The van der Waals surface area contributed by atoms with Crippen LogP contribution in [0.1, 0.15) is 12.8 Å². The van der Waals surface area contributed by atoms with Crippen molar-refractivity contribution >= 4 is 11.5 Å². The van der Waals surface area contributed by atoms with Gasteiger partial charge in [0.15, 0.2) is 0 Å². The molecule has 0 spiro atoms. The molecule has 0 atom stereocenters. The molecule has 2 aromatic heterocycles. The number of nitrogens with zero attached hydrogens (tertiary/aromatic N) is 3. The van der Waals surface area contributed by atoms with Crippen molar-refractivity contribution in [2.45, 2.75) is 18.9 Å². The molecular formula is C13H18N4. The van der Waals surface area contributed by atoms with E-state index in [4.69, 9.17) is 5.73 Å². The maximum Gasteiger partial charge on any atom is 0.138 e. The number of fused-ring (bicyclic) bond motifs is 1. The summed E-state index contributed by atoms with van der Waals surface area (Å²) in [5, 5.41) is 0. The Morgan fingerprint density at radius 1 is 1.47 bits per heavy atom. The van der Waals surface area contributed by atoms with Gasteiger partial charge in [0.2, 0.25) is 0 Å². The van der Waals surface area contributed by atoms with Gasteiger partial charge in [0.25, 0.3) is 0 Å². The van der Waals surface area contributed by atoms with Gasteiger partial charge >= 0.3 is 0 Å². The number of hydrogen-bond donors (Lipinski definition) is 1. The molecule has 0 aromatic carbocycles. The molecule has 2 heterocycles. The Morgan fingerprint density at radius 3 is 3.06 bits per heavy atom. The first-order chi connectivity index (χ1) is 8.24. The molecule has 0 unspecified atom stereocenters. The molecule has 1 fully saturated rings. The minimum Gasteiger partial charge on any atom is -0.360 e. The van der Waals surface area contributed by atoms with Crippen molar-refractivity contribution in [3.63, 3.8) is 0 Å². The van der Waals surface area contributed by atoms with Gasteiger partial charge in [0.1, 0.15) is 11.5 Å². The fraction of sp³-hybridized carbons (Fsp3) is 0.462. The van der Waals surface area contributed by atoms with E-state index in [0.29, 0.717) is 6.04 Å². The third-order valence-electron chi connectivity index (χ3n) is 3.60. The van der Waals surface area contributed by atoms with Gasteiger partial charge in [-0.05, 0) is 30.9 Å². The lowest BCUT2D eigenvalue weighted by Crippen LogP contribution is -2.42. The van der Waals surface area contributed by atoms with Crippen LogP contribution in [0.4, 0.5) is 5.82 Å². The van der Waals surface area contributed by atoms with Gasteiger partial charge in [-0.1, -0.05) is 6.07 Å². The fourth-order valence-corrected chi connectivity index (χ4v) is 2.66. The van der Waals surface area contributed by atoms with E-state index >= 15 is 0 Å². The van der Waals surface area contributed by atoms with E-state index < -0.39 is 0 Å². The molecule has 17 heavy (non-hydrogen) atoms. The smallest absolute Gasteiger partial charge is 0.138 e. The van der Waals surface area contributed by atoms with E-state index in [0.717, 1.165) is 31.0 Å². The van der Waals surface area contributed by atoms with Gasteiger partial charge in [0.05, 0.1) is 0 Å². The zero-order valence-electron chi connectivity index (χ0n) is 10.1. The van der Waals surface area contributed by atoms with E-state index in [-0.39, 0.29) is 0 Å². The summed E-state index contributed by atoms with van der Waals surface area (Å²) in [6, 6.07) is 6.64. The lowest BCUT2D eigenvalue weighted by Gasteiger charge is -2.36. The highest BCUT2D eigenvalue weighted by Crippen LogP contribution is 2.27. The first-order valence-electron chi connectivity index (χ1n) is 6.13.